The van der Waals surface area contributed by atoms with Gasteiger partial charge in [0, 0.05) is 24.7 Å². The summed E-state index contributed by atoms with van der Waals surface area (Å²) in [7, 11) is 1.41. The van der Waals surface area contributed by atoms with Crippen molar-refractivity contribution in [1.29, 1.82) is 0 Å². The van der Waals surface area contributed by atoms with Crippen molar-refractivity contribution in [2.45, 2.75) is 19.7 Å². The molecular weight excluding hydrogens is 476 g/mol. The number of nitrogens with zero attached hydrogens (tertiary/aromatic N) is 1. The van der Waals surface area contributed by atoms with Crippen molar-refractivity contribution in [2.75, 3.05) is 13.7 Å². The van der Waals surface area contributed by atoms with E-state index in [1.54, 1.807) is 24.3 Å². The third-order valence-electron chi connectivity index (χ3n) is 5.82. The first kappa shape index (κ1) is 25.9. The largest absolute Gasteiger partial charge is 0.496 e. The summed E-state index contributed by atoms with van der Waals surface area (Å²) in [5.74, 6) is -1.92. The summed E-state index contributed by atoms with van der Waals surface area (Å²) in [4.78, 5) is 13.3. The van der Waals surface area contributed by atoms with E-state index in [1.165, 1.54) is 7.11 Å². The van der Waals surface area contributed by atoms with Crippen LogP contribution in [0.15, 0.2) is 91.0 Å². The summed E-state index contributed by atoms with van der Waals surface area (Å²) in [5, 5.41) is 9.35. The Kier molecular flexibility index (Phi) is 8.48. The number of methoxy groups -OCH3 is 1. The minimum Gasteiger partial charge on any atom is -0.496 e. The molecule has 4 aromatic carbocycles. The fraction of sp³-hybridized carbons (Fsp3) is 0.167. The Labute approximate surface area is 214 Å². The Bertz CT molecular complexity index is 1340. The van der Waals surface area contributed by atoms with Crippen LogP contribution in [0.5, 0.6) is 11.5 Å². The minimum absolute atomic E-state index is 0.0648. The maximum absolute atomic E-state index is 13.8. The van der Waals surface area contributed by atoms with Crippen molar-refractivity contribution in [3.05, 3.63) is 119 Å². The molecule has 0 radical (unpaired) electrons. The average Bonchev–Trinajstić information content (AvgIpc) is 2.89. The fourth-order valence-electron chi connectivity index (χ4n) is 4.10. The highest BCUT2D eigenvalue weighted by Gasteiger charge is 2.13. The molecule has 0 atom stereocenters. The van der Waals surface area contributed by atoms with Crippen LogP contribution in [0, 0.1) is 11.6 Å². The third kappa shape index (κ3) is 7.15. The van der Waals surface area contributed by atoms with Gasteiger partial charge in [-0.15, -0.1) is 0 Å². The second-order valence-corrected chi connectivity index (χ2v) is 8.62. The van der Waals surface area contributed by atoms with Gasteiger partial charge in [0.1, 0.15) is 18.1 Å². The van der Waals surface area contributed by atoms with Gasteiger partial charge in [0.25, 0.3) is 0 Å². The Morgan fingerprint density at radius 3 is 2.16 bits per heavy atom. The van der Waals surface area contributed by atoms with E-state index < -0.39 is 17.6 Å². The zero-order chi connectivity index (χ0) is 26.2. The van der Waals surface area contributed by atoms with Crippen molar-refractivity contribution in [3.63, 3.8) is 0 Å². The summed E-state index contributed by atoms with van der Waals surface area (Å²) >= 11 is 0. The second-order valence-electron chi connectivity index (χ2n) is 8.62. The predicted octanol–water partition coefficient (Wildman–Crippen LogP) is 6.31. The third-order valence-corrected chi connectivity index (χ3v) is 5.82. The smallest absolute Gasteiger partial charge is 0.317 e. The van der Waals surface area contributed by atoms with Gasteiger partial charge in [-0.2, -0.15) is 0 Å². The number of rotatable bonds is 11. The van der Waals surface area contributed by atoms with E-state index in [0.717, 1.165) is 28.8 Å². The summed E-state index contributed by atoms with van der Waals surface area (Å²) < 4.78 is 38.4. The molecule has 0 aliphatic heterocycles. The molecule has 1 N–H and O–H groups in total. The zero-order valence-electron chi connectivity index (χ0n) is 20.4. The summed E-state index contributed by atoms with van der Waals surface area (Å²) in [6, 6.07) is 26.8. The molecule has 37 heavy (non-hydrogen) atoms. The minimum atomic E-state index is -0.964. The molecule has 0 saturated carbocycles. The normalized spacial score (nSPS) is 10.9. The molecule has 0 heterocycles. The van der Waals surface area contributed by atoms with E-state index in [-0.39, 0.29) is 12.3 Å². The van der Waals surface area contributed by atoms with Crippen LogP contribution in [0.25, 0.3) is 11.1 Å². The van der Waals surface area contributed by atoms with Crippen LogP contribution in [0.4, 0.5) is 8.78 Å². The zero-order valence-corrected chi connectivity index (χ0v) is 20.4. The molecule has 0 amide bonds. The van der Waals surface area contributed by atoms with Crippen LogP contribution in [0.2, 0.25) is 0 Å². The topological polar surface area (TPSA) is 59.0 Å². The first-order chi connectivity index (χ1) is 17.9. The van der Waals surface area contributed by atoms with Gasteiger partial charge < -0.3 is 14.6 Å². The second kappa shape index (κ2) is 12.1. The van der Waals surface area contributed by atoms with Crippen LogP contribution in [0.3, 0.4) is 0 Å². The van der Waals surface area contributed by atoms with Gasteiger partial charge >= 0.3 is 5.97 Å². The number of halogens is 2. The van der Waals surface area contributed by atoms with Crippen molar-refractivity contribution < 1.29 is 28.2 Å². The number of hydrogen-bond donors (Lipinski definition) is 1. The Morgan fingerprint density at radius 1 is 0.811 bits per heavy atom. The maximum Gasteiger partial charge on any atom is 0.317 e. The maximum atomic E-state index is 13.8. The van der Waals surface area contributed by atoms with Crippen LogP contribution in [-0.4, -0.2) is 29.6 Å². The van der Waals surface area contributed by atoms with Gasteiger partial charge in [-0.3, -0.25) is 9.69 Å². The standard InChI is InChI=1S/C30H27F2NO4/c1-36-29-16-28(32)27(31)15-26(29)24-10-12-25(13-11-24)37-20-23-9-5-8-22(14-23)18-33(19-30(34)35)17-21-6-3-2-4-7-21/h2-16H,17-20H2,1H3,(H,34,35). The Morgan fingerprint density at radius 2 is 1.46 bits per heavy atom. The SMILES string of the molecule is COc1cc(F)c(F)cc1-c1ccc(OCc2cccc(CN(CC(=O)O)Cc3ccccc3)c2)cc1. The first-order valence-corrected chi connectivity index (χ1v) is 11.7. The molecule has 5 nitrogen and oxygen atoms in total. The van der Waals surface area contributed by atoms with Crippen LogP contribution in [-0.2, 0) is 24.5 Å². The first-order valence-electron chi connectivity index (χ1n) is 11.7. The molecule has 0 bridgehead atoms. The lowest BCUT2D eigenvalue weighted by Crippen LogP contribution is -2.29. The lowest BCUT2D eigenvalue weighted by atomic mass is 10.0. The molecule has 4 rings (SSSR count). The number of carboxylic acids is 1. The highest BCUT2D eigenvalue weighted by molar-refractivity contribution is 5.71. The van der Waals surface area contributed by atoms with Gasteiger partial charge in [-0.25, -0.2) is 8.78 Å². The molecule has 0 saturated heterocycles. The quantitative estimate of drug-likeness (QED) is 0.260. The van der Waals surface area contributed by atoms with Crippen molar-refractivity contribution in [3.8, 4) is 22.6 Å². The molecule has 0 aromatic heterocycles. The highest BCUT2D eigenvalue weighted by atomic mass is 19.2. The lowest BCUT2D eigenvalue weighted by molar-refractivity contribution is -0.138. The number of hydrogen-bond acceptors (Lipinski definition) is 4. The summed E-state index contributed by atoms with van der Waals surface area (Å²) in [5.41, 5.74) is 4.09. The molecule has 4 aromatic rings. The Hall–Kier alpha value is -4.23. The van der Waals surface area contributed by atoms with E-state index in [1.807, 2.05) is 59.5 Å². The van der Waals surface area contributed by atoms with E-state index in [0.29, 0.717) is 36.6 Å². The van der Waals surface area contributed by atoms with Crippen LogP contribution >= 0.6 is 0 Å². The van der Waals surface area contributed by atoms with E-state index in [4.69, 9.17) is 9.47 Å². The predicted molar refractivity (Wildman–Crippen MR) is 137 cm³/mol. The van der Waals surface area contributed by atoms with Gasteiger partial charge in [0.15, 0.2) is 11.6 Å². The van der Waals surface area contributed by atoms with E-state index in [2.05, 4.69) is 0 Å². The summed E-state index contributed by atoms with van der Waals surface area (Å²) in [6.07, 6.45) is 0. The molecule has 190 valence electrons. The molecule has 0 fully saturated rings. The molecule has 0 spiro atoms. The molecule has 0 aliphatic rings. The van der Waals surface area contributed by atoms with Crippen molar-refractivity contribution >= 4 is 5.97 Å². The molecule has 0 unspecified atom stereocenters. The number of ether oxygens (including phenoxy) is 2. The molecule has 0 aliphatic carbocycles. The van der Waals surface area contributed by atoms with Gasteiger partial charge in [-0.1, -0.05) is 66.7 Å². The van der Waals surface area contributed by atoms with E-state index >= 15 is 0 Å². The van der Waals surface area contributed by atoms with Gasteiger partial charge in [0.2, 0.25) is 0 Å². The van der Waals surface area contributed by atoms with Crippen LogP contribution < -0.4 is 9.47 Å². The highest BCUT2D eigenvalue weighted by Crippen LogP contribution is 2.33. The number of aliphatic carboxylic acids is 1. The van der Waals surface area contributed by atoms with Crippen LogP contribution in [0.1, 0.15) is 16.7 Å². The van der Waals surface area contributed by atoms with Crippen molar-refractivity contribution in [1.82, 2.24) is 4.90 Å². The van der Waals surface area contributed by atoms with Gasteiger partial charge in [-0.05, 0) is 40.5 Å². The summed E-state index contributed by atoms with van der Waals surface area (Å²) in [6.45, 7) is 1.27. The van der Waals surface area contributed by atoms with Crippen molar-refractivity contribution in [2.24, 2.45) is 0 Å². The van der Waals surface area contributed by atoms with Gasteiger partial charge in [0.05, 0.1) is 13.7 Å². The number of carbonyl (C=O) groups is 1. The number of carboxylic acid groups (broad SMARTS) is 1. The molecule has 7 heteroatoms. The number of benzene rings is 4. The molecular formula is C30H27F2NO4. The monoisotopic (exact) mass is 503 g/mol. The average molecular weight is 504 g/mol. The van der Waals surface area contributed by atoms with E-state index in [9.17, 15) is 18.7 Å². The fourth-order valence-corrected chi connectivity index (χ4v) is 4.10. The Balaban J connectivity index is 1.41. The lowest BCUT2D eigenvalue weighted by Gasteiger charge is -2.21.